The van der Waals surface area contributed by atoms with Gasteiger partial charge in [0.05, 0.1) is 11.6 Å². The lowest BCUT2D eigenvalue weighted by atomic mass is 9.51. The minimum Gasteiger partial charge on any atom is -0.274 e. The normalized spacial score (nSPS) is 25.3. The van der Waals surface area contributed by atoms with Crippen LogP contribution in [0.3, 0.4) is 0 Å². The molecule has 3 aliphatic carbocycles. The van der Waals surface area contributed by atoms with Gasteiger partial charge in [-0.25, -0.2) is 4.90 Å². The molecule has 0 spiro atoms. The molecule has 0 aromatic heterocycles. The van der Waals surface area contributed by atoms with Crippen molar-refractivity contribution in [3.05, 3.63) is 135 Å². The van der Waals surface area contributed by atoms with Crippen molar-refractivity contribution in [3.63, 3.8) is 0 Å². The molecule has 0 N–H and O–H groups in total. The number of rotatable bonds is 3. The number of anilines is 1. The van der Waals surface area contributed by atoms with E-state index in [1.165, 1.54) is 4.90 Å². The Morgan fingerprint density at radius 1 is 0.694 bits per heavy atom. The lowest BCUT2D eigenvalue weighted by Crippen LogP contribution is -2.57. The van der Waals surface area contributed by atoms with Crippen molar-refractivity contribution >= 4 is 17.5 Å². The van der Waals surface area contributed by atoms with Gasteiger partial charge in [0.1, 0.15) is 5.92 Å². The van der Waals surface area contributed by atoms with Gasteiger partial charge in [-0.15, -0.1) is 0 Å². The van der Waals surface area contributed by atoms with Crippen LogP contribution in [0.25, 0.3) is 11.1 Å². The number of carbonyl (C=O) groups is 2. The van der Waals surface area contributed by atoms with Gasteiger partial charge in [-0.2, -0.15) is 0 Å². The second-order valence-electron chi connectivity index (χ2n) is 9.57. The molecule has 1 aliphatic heterocycles. The molecule has 0 saturated carbocycles. The van der Waals surface area contributed by atoms with E-state index in [1.54, 1.807) is 36.4 Å². The number of hydrogen-bond donors (Lipinski definition) is 0. The second kappa shape index (κ2) is 7.21. The summed E-state index contributed by atoms with van der Waals surface area (Å²) in [6.07, 6.45) is 0. The van der Waals surface area contributed by atoms with Crippen molar-refractivity contribution < 1.29 is 14.5 Å². The van der Waals surface area contributed by atoms with Gasteiger partial charge in [0.25, 0.3) is 5.54 Å². The van der Waals surface area contributed by atoms with E-state index < -0.39 is 29.2 Å². The van der Waals surface area contributed by atoms with Crippen molar-refractivity contribution in [2.45, 2.75) is 11.5 Å². The molecule has 1 fully saturated rings. The maximum absolute atomic E-state index is 14.3. The van der Waals surface area contributed by atoms with Crippen LogP contribution >= 0.6 is 0 Å². The van der Waals surface area contributed by atoms with Crippen molar-refractivity contribution in [1.82, 2.24) is 0 Å². The summed E-state index contributed by atoms with van der Waals surface area (Å²) >= 11 is 0. The third kappa shape index (κ3) is 2.36. The van der Waals surface area contributed by atoms with Gasteiger partial charge in [0, 0.05) is 27.5 Å². The standard InChI is InChI=1S/C30H20N2O4/c33-28-26-25-20-13-4-7-15-22(20)30(32(35)36,23-16-8-5-14-21(23)25)27(26)29(34)31(28)24-17-9-6-12-19(24)18-10-2-1-3-11-18/h1-17,25-27H/t25?,26-,27-,30?/m1/s1. The smallest absolute Gasteiger partial charge is 0.274 e. The Morgan fingerprint density at radius 2 is 1.25 bits per heavy atom. The summed E-state index contributed by atoms with van der Waals surface area (Å²) in [5.41, 5.74) is 2.77. The Bertz CT molecular complexity index is 1550. The average Bonchev–Trinajstić information content (AvgIpc) is 3.19. The molecule has 36 heavy (non-hydrogen) atoms. The Morgan fingerprint density at radius 3 is 1.89 bits per heavy atom. The number of carbonyl (C=O) groups excluding carboxylic acids is 2. The molecule has 6 nitrogen and oxygen atoms in total. The Hall–Kier alpha value is -4.58. The van der Waals surface area contributed by atoms with E-state index in [-0.39, 0.29) is 10.8 Å². The van der Waals surface area contributed by atoms with Gasteiger partial charge in [-0.1, -0.05) is 97.1 Å². The van der Waals surface area contributed by atoms with Gasteiger partial charge in [0.2, 0.25) is 11.8 Å². The lowest BCUT2D eigenvalue weighted by molar-refractivity contribution is -0.578. The maximum Gasteiger partial charge on any atom is 0.285 e. The fourth-order valence-electron chi connectivity index (χ4n) is 6.81. The first kappa shape index (κ1) is 20.8. The number of nitro groups is 1. The summed E-state index contributed by atoms with van der Waals surface area (Å²) in [6.45, 7) is 0. The summed E-state index contributed by atoms with van der Waals surface area (Å²) in [5, 5.41) is 13.1. The zero-order valence-corrected chi connectivity index (χ0v) is 19.1. The van der Waals surface area contributed by atoms with Crippen LogP contribution < -0.4 is 4.90 Å². The lowest BCUT2D eigenvalue weighted by Gasteiger charge is -2.48. The molecule has 8 rings (SSSR count). The Kier molecular flexibility index (Phi) is 4.16. The fourth-order valence-corrected chi connectivity index (χ4v) is 6.81. The molecule has 2 atom stereocenters. The predicted molar refractivity (Wildman–Crippen MR) is 134 cm³/mol. The van der Waals surface area contributed by atoms with Gasteiger partial charge >= 0.3 is 0 Å². The molecule has 1 saturated heterocycles. The summed E-state index contributed by atoms with van der Waals surface area (Å²) < 4.78 is 0. The average molecular weight is 473 g/mol. The largest absolute Gasteiger partial charge is 0.285 e. The molecule has 4 aromatic carbocycles. The summed E-state index contributed by atoms with van der Waals surface area (Å²) in [4.78, 5) is 42.4. The molecule has 4 aromatic rings. The van der Waals surface area contributed by atoms with Crippen molar-refractivity contribution in [2.75, 3.05) is 4.90 Å². The van der Waals surface area contributed by atoms with E-state index >= 15 is 0 Å². The zero-order valence-electron chi connectivity index (χ0n) is 19.1. The highest BCUT2D eigenvalue weighted by atomic mass is 16.6. The van der Waals surface area contributed by atoms with Crippen molar-refractivity contribution in [1.29, 1.82) is 0 Å². The third-order valence-corrected chi connectivity index (χ3v) is 8.09. The topological polar surface area (TPSA) is 80.5 Å². The minimum absolute atomic E-state index is 0.338. The second-order valence-corrected chi connectivity index (χ2v) is 9.57. The maximum atomic E-state index is 14.3. The van der Waals surface area contributed by atoms with Crippen molar-refractivity contribution in [2.24, 2.45) is 11.8 Å². The molecular formula is C30H20N2O4. The molecule has 2 bridgehead atoms. The van der Waals surface area contributed by atoms with Gasteiger partial charge in [-0.3, -0.25) is 19.7 Å². The highest BCUT2D eigenvalue weighted by Gasteiger charge is 2.74. The number of nitrogens with zero attached hydrogens (tertiary/aromatic N) is 2. The van der Waals surface area contributed by atoms with Crippen LogP contribution in [0.4, 0.5) is 5.69 Å². The summed E-state index contributed by atoms with van der Waals surface area (Å²) in [6, 6.07) is 31.2. The molecule has 1 heterocycles. The first-order chi connectivity index (χ1) is 17.6. The van der Waals surface area contributed by atoms with Gasteiger partial charge in [-0.05, 0) is 22.8 Å². The van der Waals surface area contributed by atoms with Gasteiger partial charge < -0.3 is 0 Å². The van der Waals surface area contributed by atoms with E-state index in [0.717, 1.165) is 22.3 Å². The minimum atomic E-state index is -1.82. The molecule has 4 aliphatic rings. The summed E-state index contributed by atoms with van der Waals surface area (Å²) in [5.74, 6) is -3.29. The molecule has 0 unspecified atom stereocenters. The molecule has 0 radical (unpaired) electrons. The SMILES string of the molecule is O=C1[C@@H]2C3c4ccccc4C([N+](=O)[O-])(c4ccccc43)[C@H]2C(=O)N1c1ccccc1-c1ccccc1. The van der Waals surface area contributed by atoms with Crippen LogP contribution in [-0.2, 0) is 15.1 Å². The predicted octanol–water partition coefficient (Wildman–Crippen LogP) is 5.14. The highest BCUT2D eigenvalue weighted by molar-refractivity contribution is 6.25. The fraction of sp³-hybridized carbons (Fsp3) is 0.133. The quantitative estimate of drug-likeness (QED) is 0.235. The van der Waals surface area contributed by atoms with Crippen LogP contribution in [0.5, 0.6) is 0 Å². The van der Waals surface area contributed by atoms with Crippen LogP contribution in [0.1, 0.15) is 28.2 Å². The molecule has 2 amide bonds. The molecule has 6 heteroatoms. The van der Waals surface area contributed by atoms with E-state index in [1.807, 2.05) is 66.7 Å². The van der Waals surface area contributed by atoms with Crippen LogP contribution in [0.15, 0.2) is 103 Å². The zero-order chi connectivity index (χ0) is 24.6. The number of para-hydroxylation sites is 1. The summed E-state index contributed by atoms with van der Waals surface area (Å²) in [7, 11) is 0. The van der Waals surface area contributed by atoms with E-state index in [2.05, 4.69) is 0 Å². The highest BCUT2D eigenvalue weighted by Crippen LogP contribution is 2.64. The first-order valence-corrected chi connectivity index (χ1v) is 11.9. The molecule has 174 valence electrons. The molecular weight excluding hydrogens is 452 g/mol. The van der Waals surface area contributed by atoms with E-state index in [9.17, 15) is 19.7 Å². The monoisotopic (exact) mass is 472 g/mol. The van der Waals surface area contributed by atoms with Crippen LogP contribution in [0, 0.1) is 22.0 Å². The van der Waals surface area contributed by atoms with Crippen LogP contribution in [0.2, 0.25) is 0 Å². The van der Waals surface area contributed by atoms with E-state index in [0.29, 0.717) is 16.8 Å². The third-order valence-electron chi connectivity index (χ3n) is 8.09. The number of hydrogen-bond acceptors (Lipinski definition) is 4. The number of amides is 2. The Labute approximate surface area is 207 Å². The van der Waals surface area contributed by atoms with Crippen molar-refractivity contribution in [3.8, 4) is 11.1 Å². The number of benzene rings is 4. The van der Waals surface area contributed by atoms with Crippen LogP contribution in [-0.4, -0.2) is 16.7 Å². The number of imide groups is 1. The first-order valence-electron chi connectivity index (χ1n) is 11.9. The van der Waals surface area contributed by atoms with E-state index in [4.69, 9.17) is 0 Å². The van der Waals surface area contributed by atoms with Gasteiger partial charge in [0.15, 0.2) is 0 Å². The Balaban J connectivity index is 1.50.